The molecular weight excluding hydrogens is 108 g/mol. The summed E-state index contributed by atoms with van der Waals surface area (Å²) in [7, 11) is 0. The van der Waals surface area contributed by atoms with Crippen LogP contribution in [0.2, 0.25) is 0 Å². The Bertz CT molecular complexity index is 122. The van der Waals surface area contributed by atoms with Gasteiger partial charge in [0, 0.05) is 0 Å². The summed E-state index contributed by atoms with van der Waals surface area (Å²) in [5, 5.41) is 0. The van der Waals surface area contributed by atoms with E-state index in [0.717, 1.165) is 0 Å². The molecule has 0 heteroatoms. The minimum Gasteiger partial charge on any atom is -0.0845 e. The molecule has 0 bridgehead atoms. The first-order valence-electron chi connectivity index (χ1n) is 3.39. The van der Waals surface area contributed by atoms with Crippen molar-refractivity contribution in [2.45, 2.75) is 19.3 Å². The van der Waals surface area contributed by atoms with Gasteiger partial charge in [0.15, 0.2) is 0 Å². The lowest BCUT2D eigenvalue weighted by molar-refractivity contribution is 0.869. The van der Waals surface area contributed by atoms with Crippen molar-refractivity contribution in [1.29, 1.82) is 0 Å². The lowest BCUT2D eigenvalue weighted by Crippen LogP contribution is -1.65. The van der Waals surface area contributed by atoms with Crippen molar-refractivity contribution in [1.82, 2.24) is 0 Å². The molecule has 0 atom stereocenters. The van der Waals surface area contributed by atoms with Crippen molar-refractivity contribution in [2.24, 2.45) is 0 Å². The van der Waals surface area contributed by atoms with Gasteiger partial charge in [-0.3, -0.25) is 0 Å². The predicted molar refractivity (Wildman–Crippen MR) is 39.9 cm³/mol. The smallest absolute Gasteiger partial charge is 0.0187 e. The van der Waals surface area contributed by atoms with E-state index in [0.29, 0.717) is 0 Å². The highest BCUT2D eigenvalue weighted by Crippen LogP contribution is 1.99. The molecule has 9 heavy (non-hydrogen) atoms. The first-order chi connectivity index (χ1) is 4.50. The van der Waals surface area contributed by atoms with Gasteiger partial charge in [-0.25, -0.2) is 0 Å². The van der Waals surface area contributed by atoms with Crippen LogP contribution in [0.5, 0.6) is 0 Å². The van der Waals surface area contributed by atoms with Gasteiger partial charge in [-0.1, -0.05) is 30.4 Å². The van der Waals surface area contributed by atoms with Crippen molar-refractivity contribution >= 4 is 0 Å². The molecule has 0 fully saturated rings. The van der Waals surface area contributed by atoms with Gasteiger partial charge in [0.2, 0.25) is 0 Å². The van der Waals surface area contributed by atoms with Gasteiger partial charge in [-0.05, 0) is 25.3 Å². The molecule has 0 aromatic heterocycles. The van der Waals surface area contributed by atoms with Gasteiger partial charge in [0.05, 0.1) is 0 Å². The van der Waals surface area contributed by atoms with Crippen LogP contribution in [-0.2, 0) is 0 Å². The largest absolute Gasteiger partial charge is 0.0845 e. The van der Waals surface area contributed by atoms with Crippen molar-refractivity contribution < 1.29 is 0 Å². The van der Waals surface area contributed by atoms with Gasteiger partial charge in [-0.2, -0.15) is 0 Å². The minimum absolute atomic E-state index is 1.19. The van der Waals surface area contributed by atoms with E-state index in [1.54, 1.807) is 0 Å². The highest BCUT2D eigenvalue weighted by atomic mass is 13.9. The van der Waals surface area contributed by atoms with E-state index in [1.165, 1.54) is 19.3 Å². The summed E-state index contributed by atoms with van der Waals surface area (Å²) in [5.41, 5.74) is 0. The van der Waals surface area contributed by atoms with Crippen LogP contribution in [0.3, 0.4) is 0 Å². The Balaban J connectivity index is 2.45. The number of hydrogen-bond acceptors (Lipinski definition) is 0. The van der Waals surface area contributed by atoms with Crippen LogP contribution in [-0.4, -0.2) is 0 Å². The zero-order chi connectivity index (χ0) is 6.36. The van der Waals surface area contributed by atoms with Crippen LogP contribution < -0.4 is 0 Å². The first kappa shape index (κ1) is 6.34. The van der Waals surface area contributed by atoms with Gasteiger partial charge >= 0.3 is 0 Å². The fourth-order valence-corrected chi connectivity index (χ4v) is 0.780. The standard InChI is InChI=1S/C9H11/c1-2-4-6-8-9-7-5-3-1/h1-3,7,9H,4,6,8H2. The molecule has 1 radical (unpaired) electrons. The normalized spacial score (nSPS) is 18.7. The summed E-state index contributed by atoms with van der Waals surface area (Å²) in [6, 6.07) is 0. The summed E-state index contributed by atoms with van der Waals surface area (Å²) in [6.45, 7) is 0. The SMILES string of the molecule is [C]1=CC=CCCCC=C1. The van der Waals surface area contributed by atoms with E-state index in [-0.39, 0.29) is 0 Å². The third-order valence-electron chi connectivity index (χ3n) is 1.28. The third-order valence-corrected chi connectivity index (χ3v) is 1.28. The zero-order valence-electron chi connectivity index (χ0n) is 5.51. The van der Waals surface area contributed by atoms with Gasteiger partial charge < -0.3 is 0 Å². The molecule has 0 spiro atoms. The molecule has 0 N–H and O–H groups in total. The minimum atomic E-state index is 1.19. The summed E-state index contributed by atoms with van der Waals surface area (Å²) in [6.07, 6.45) is 17.0. The lowest BCUT2D eigenvalue weighted by Gasteiger charge is -1.85. The van der Waals surface area contributed by atoms with Gasteiger partial charge in [0.1, 0.15) is 0 Å². The Hall–Kier alpha value is -0.780. The average Bonchev–Trinajstić information content (AvgIpc) is 2.00. The molecule has 0 unspecified atom stereocenters. The van der Waals surface area contributed by atoms with E-state index in [9.17, 15) is 0 Å². The first-order valence-corrected chi connectivity index (χ1v) is 3.39. The molecule has 0 heterocycles. The summed E-state index contributed by atoms with van der Waals surface area (Å²) in [5.74, 6) is 0. The molecule has 0 saturated carbocycles. The Morgan fingerprint density at radius 3 is 3.00 bits per heavy atom. The Morgan fingerprint density at radius 2 is 2.00 bits per heavy atom. The van der Waals surface area contributed by atoms with Crippen molar-refractivity contribution in [3.8, 4) is 0 Å². The molecule has 0 saturated heterocycles. The van der Waals surface area contributed by atoms with Crippen LogP contribution in [0.25, 0.3) is 0 Å². The van der Waals surface area contributed by atoms with Crippen LogP contribution in [0.1, 0.15) is 19.3 Å². The molecule has 1 aliphatic rings. The summed E-state index contributed by atoms with van der Waals surface area (Å²) in [4.78, 5) is 0. The van der Waals surface area contributed by atoms with Gasteiger partial charge in [-0.15, -0.1) is 0 Å². The van der Waals surface area contributed by atoms with E-state index in [4.69, 9.17) is 0 Å². The topological polar surface area (TPSA) is 0 Å². The number of hydrogen-bond donors (Lipinski definition) is 0. The van der Waals surface area contributed by atoms with Crippen LogP contribution in [0, 0.1) is 6.08 Å². The van der Waals surface area contributed by atoms with E-state index in [1.807, 2.05) is 12.2 Å². The lowest BCUT2D eigenvalue weighted by atomic mass is 10.2. The second kappa shape index (κ2) is 4.13. The molecule has 47 valence electrons. The summed E-state index contributed by atoms with van der Waals surface area (Å²) >= 11 is 0. The van der Waals surface area contributed by atoms with Crippen molar-refractivity contribution in [3.05, 3.63) is 36.5 Å². The molecule has 1 aliphatic carbocycles. The average molecular weight is 119 g/mol. The number of rotatable bonds is 0. The van der Waals surface area contributed by atoms with E-state index in [2.05, 4.69) is 24.3 Å². The van der Waals surface area contributed by atoms with Crippen LogP contribution >= 0.6 is 0 Å². The monoisotopic (exact) mass is 119 g/mol. The maximum absolute atomic E-state index is 3.03. The Morgan fingerprint density at radius 1 is 1.11 bits per heavy atom. The number of allylic oxidation sites excluding steroid dienone is 6. The van der Waals surface area contributed by atoms with Gasteiger partial charge in [0.25, 0.3) is 0 Å². The fourth-order valence-electron chi connectivity index (χ4n) is 0.780. The van der Waals surface area contributed by atoms with Crippen LogP contribution in [0.15, 0.2) is 30.4 Å². The Kier molecular flexibility index (Phi) is 2.91. The quantitative estimate of drug-likeness (QED) is 0.460. The molecule has 1 rings (SSSR count). The molecule has 0 nitrogen and oxygen atoms in total. The Labute approximate surface area is 56.6 Å². The maximum atomic E-state index is 3.03. The highest BCUT2D eigenvalue weighted by molar-refractivity contribution is 5.06. The molecule has 0 amide bonds. The second-order valence-corrected chi connectivity index (χ2v) is 2.09. The van der Waals surface area contributed by atoms with E-state index >= 15 is 0 Å². The van der Waals surface area contributed by atoms with E-state index < -0.39 is 0 Å². The highest BCUT2D eigenvalue weighted by Gasteiger charge is 1.80. The molecule has 0 aromatic rings. The molecule has 0 aliphatic heterocycles. The van der Waals surface area contributed by atoms with Crippen LogP contribution in [0.4, 0.5) is 0 Å². The zero-order valence-corrected chi connectivity index (χ0v) is 5.51. The summed E-state index contributed by atoms with van der Waals surface area (Å²) < 4.78 is 0. The molecule has 0 aromatic carbocycles. The predicted octanol–water partition coefficient (Wildman–Crippen LogP) is 2.64. The molecular formula is C9H11. The third kappa shape index (κ3) is 2.91. The van der Waals surface area contributed by atoms with Crippen molar-refractivity contribution in [3.63, 3.8) is 0 Å². The van der Waals surface area contributed by atoms with Crippen molar-refractivity contribution in [2.75, 3.05) is 0 Å². The maximum Gasteiger partial charge on any atom is -0.0187 e. The second-order valence-electron chi connectivity index (χ2n) is 2.09. The fraction of sp³-hybridized carbons (Fsp3) is 0.333.